The van der Waals surface area contributed by atoms with Gasteiger partial charge in [0, 0.05) is 5.75 Å². The van der Waals surface area contributed by atoms with Gasteiger partial charge in [-0.05, 0) is 17.4 Å². The van der Waals surface area contributed by atoms with E-state index in [1.165, 1.54) is 0 Å². The summed E-state index contributed by atoms with van der Waals surface area (Å²) < 4.78 is 0. The Bertz CT molecular complexity index is 465. The number of hydrogen-bond acceptors (Lipinski definition) is 5. The van der Waals surface area contributed by atoms with E-state index in [9.17, 15) is 0 Å². The fraction of sp³-hybridized carbons (Fsp3) is 0.400. The molecule has 80 valence electrons. The van der Waals surface area contributed by atoms with Crippen LogP contribution in [0, 0.1) is 5.92 Å². The van der Waals surface area contributed by atoms with Crippen LogP contribution in [0.2, 0.25) is 0 Å². The van der Waals surface area contributed by atoms with Gasteiger partial charge in [-0.2, -0.15) is 0 Å². The molecule has 0 aliphatic heterocycles. The van der Waals surface area contributed by atoms with Crippen LogP contribution in [0.15, 0.2) is 16.6 Å². The summed E-state index contributed by atoms with van der Waals surface area (Å²) in [6.07, 6.45) is 0. The third-order valence-corrected chi connectivity index (χ3v) is 3.96. The summed E-state index contributed by atoms with van der Waals surface area (Å²) >= 11 is 3.27. The first-order valence-electron chi connectivity index (χ1n) is 4.80. The molecular formula is C10H13N3S2. The second kappa shape index (κ2) is 4.37. The lowest BCUT2D eigenvalue weighted by Crippen LogP contribution is -1.97. The molecule has 0 saturated carbocycles. The summed E-state index contributed by atoms with van der Waals surface area (Å²) in [5, 5.41) is 3.75. The lowest BCUT2D eigenvalue weighted by atomic mass is 10.3. The van der Waals surface area contributed by atoms with Crippen molar-refractivity contribution in [1.29, 1.82) is 0 Å². The van der Waals surface area contributed by atoms with Crippen LogP contribution in [0.1, 0.15) is 13.8 Å². The summed E-state index contributed by atoms with van der Waals surface area (Å²) in [6, 6.07) is 1.96. The number of thioether (sulfide) groups is 1. The molecule has 0 aliphatic carbocycles. The zero-order chi connectivity index (χ0) is 10.8. The lowest BCUT2D eigenvalue weighted by Gasteiger charge is -2.04. The minimum atomic E-state index is 0.590. The third-order valence-electron chi connectivity index (χ3n) is 1.88. The molecule has 2 aromatic rings. The van der Waals surface area contributed by atoms with Crippen LogP contribution in [0.5, 0.6) is 0 Å². The van der Waals surface area contributed by atoms with Crippen LogP contribution in [0.3, 0.4) is 0 Å². The van der Waals surface area contributed by atoms with Crippen molar-refractivity contribution >= 4 is 39.1 Å². The van der Waals surface area contributed by atoms with E-state index in [0.717, 1.165) is 21.1 Å². The van der Waals surface area contributed by atoms with Crippen molar-refractivity contribution in [1.82, 2.24) is 9.97 Å². The molecule has 3 nitrogen and oxygen atoms in total. The average molecular weight is 239 g/mol. The van der Waals surface area contributed by atoms with Crippen molar-refractivity contribution in [3.8, 4) is 0 Å². The molecule has 2 N–H and O–H groups in total. The van der Waals surface area contributed by atoms with E-state index in [1.807, 2.05) is 11.4 Å². The van der Waals surface area contributed by atoms with E-state index < -0.39 is 0 Å². The number of nitrogen functional groups attached to an aromatic ring is 1. The van der Waals surface area contributed by atoms with Gasteiger partial charge in [0.05, 0.1) is 5.39 Å². The number of thiophene rings is 1. The van der Waals surface area contributed by atoms with Gasteiger partial charge in [0.25, 0.3) is 0 Å². The molecule has 0 saturated heterocycles. The molecule has 0 unspecified atom stereocenters. The van der Waals surface area contributed by atoms with Crippen molar-refractivity contribution in [2.24, 2.45) is 5.92 Å². The largest absolute Gasteiger partial charge is 0.383 e. The number of nitrogens with two attached hydrogens (primary N) is 1. The summed E-state index contributed by atoms with van der Waals surface area (Å²) in [7, 11) is 0. The highest BCUT2D eigenvalue weighted by atomic mass is 32.2. The summed E-state index contributed by atoms with van der Waals surface area (Å²) in [4.78, 5) is 9.72. The molecule has 0 radical (unpaired) electrons. The summed E-state index contributed by atoms with van der Waals surface area (Å²) in [5.41, 5.74) is 5.85. The van der Waals surface area contributed by atoms with Gasteiger partial charge in [-0.25, -0.2) is 9.97 Å². The van der Waals surface area contributed by atoms with Gasteiger partial charge in [-0.3, -0.25) is 0 Å². The van der Waals surface area contributed by atoms with Gasteiger partial charge < -0.3 is 5.73 Å². The minimum absolute atomic E-state index is 0.590. The Labute approximate surface area is 97.1 Å². The fourth-order valence-corrected chi connectivity index (χ4v) is 2.79. The molecule has 0 fully saturated rings. The Morgan fingerprint density at radius 2 is 2.27 bits per heavy atom. The van der Waals surface area contributed by atoms with Crippen molar-refractivity contribution in [3.63, 3.8) is 0 Å². The smallest absolute Gasteiger partial charge is 0.190 e. The van der Waals surface area contributed by atoms with E-state index in [4.69, 9.17) is 5.73 Å². The van der Waals surface area contributed by atoms with Crippen LogP contribution in [0.4, 0.5) is 5.82 Å². The molecule has 0 bridgehead atoms. The number of hydrogen-bond donors (Lipinski definition) is 1. The first-order chi connectivity index (χ1) is 7.16. The Morgan fingerprint density at radius 3 is 3.00 bits per heavy atom. The fourth-order valence-electron chi connectivity index (χ4n) is 1.16. The molecule has 2 rings (SSSR count). The molecule has 0 aliphatic rings. The highest BCUT2D eigenvalue weighted by Crippen LogP contribution is 2.26. The zero-order valence-electron chi connectivity index (χ0n) is 8.73. The van der Waals surface area contributed by atoms with Crippen molar-refractivity contribution in [3.05, 3.63) is 11.4 Å². The van der Waals surface area contributed by atoms with Gasteiger partial charge in [0.15, 0.2) is 5.16 Å². The molecule has 2 heterocycles. The van der Waals surface area contributed by atoms with E-state index >= 15 is 0 Å². The number of anilines is 1. The highest BCUT2D eigenvalue weighted by Gasteiger charge is 2.07. The van der Waals surface area contributed by atoms with Crippen LogP contribution in [-0.2, 0) is 0 Å². The third kappa shape index (κ3) is 2.41. The SMILES string of the molecule is CC(C)CSc1nc(N)c2ccsc2n1. The van der Waals surface area contributed by atoms with Crippen LogP contribution in [-0.4, -0.2) is 15.7 Å². The second-order valence-electron chi connectivity index (χ2n) is 3.74. The maximum absolute atomic E-state index is 5.85. The van der Waals surface area contributed by atoms with Crippen LogP contribution in [0.25, 0.3) is 10.2 Å². The van der Waals surface area contributed by atoms with Crippen LogP contribution < -0.4 is 5.73 Å². The standard InChI is InChI=1S/C10H13N3S2/c1-6(2)5-15-10-12-8(11)7-3-4-14-9(7)13-10/h3-4,6H,5H2,1-2H3,(H2,11,12,13). The van der Waals surface area contributed by atoms with Crippen molar-refractivity contribution in [2.75, 3.05) is 11.5 Å². The van der Waals surface area contributed by atoms with Crippen LogP contribution >= 0.6 is 23.1 Å². The molecule has 0 spiro atoms. The first-order valence-corrected chi connectivity index (χ1v) is 6.67. The van der Waals surface area contributed by atoms with Gasteiger partial charge in [0.1, 0.15) is 10.6 Å². The van der Waals surface area contributed by atoms with E-state index in [0.29, 0.717) is 11.7 Å². The van der Waals surface area contributed by atoms with Crippen molar-refractivity contribution in [2.45, 2.75) is 19.0 Å². The van der Waals surface area contributed by atoms with E-state index in [2.05, 4.69) is 23.8 Å². The Morgan fingerprint density at radius 1 is 1.47 bits per heavy atom. The summed E-state index contributed by atoms with van der Waals surface area (Å²) in [6.45, 7) is 4.36. The number of aromatic nitrogens is 2. The second-order valence-corrected chi connectivity index (χ2v) is 5.62. The molecule has 15 heavy (non-hydrogen) atoms. The molecule has 0 atom stereocenters. The van der Waals surface area contributed by atoms with Gasteiger partial charge in [0.2, 0.25) is 0 Å². The first kappa shape index (κ1) is 10.7. The molecule has 0 aromatic carbocycles. The van der Waals surface area contributed by atoms with Gasteiger partial charge >= 0.3 is 0 Å². The maximum Gasteiger partial charge on any atom is 0.190 e. The minimum Gasteiger partial charge on any atom is -0.383 e. The van der Waals surface area contributed by atoms with Gasteiger partial charge in [-0.1, -0.05) is 25.6 Å². The number of rotatable bonds is 3. The highest BCUT2D eigenvalue weighted by molar-refractivity contribution is 7.99. The molecule has 2 aromatic heterocycles. The monoisotopic (exact) mass is 239 g/mol. The Kier molecular flexibility index (Phi) is 3.11. The normalized spacial score (nSPS) is 11.4. The predicted octanol–water partition coefficient (Wildman–Crippen LogP) is 3.02. The van der Waals surface area contributed by atoms with E-state index in [-0.39, 0.29) is 0 Å². The quantitative estimate of drug-likeness (QED) is 0.661. The maximum atomic E-state index is 5.85. The molecule has 0 amide bonds. The molecule has 5 heteroatoms. The van der Waals surface area contributed by atoms with Crippen molar-refractivity contribution < 1.29 is 0 Å². The number of fused-ring (bicyclic) bond motifs is 1. The van der Waals surface area contributed by atoms with E-state index in [1.54, 1.807) is 23.1 Å². The Balaban J connectivity index is 2.28. The lowest BCUT2D eigenvalue weighted by molar-refractivity contribution is 0.748. The molecular weight excluding hydrogens is 226 g/mol. The predicted molar refractivity (Wildman–Crippen MR) is 67.4 cm³/mol. The summed E-state index contributed by atoms with van der Waals surface area (Å²) in [5.74, 6) is 2.25. The average Bonchev–Trinajstić information content (AvgIpc) is 2.63. The topological polar surface area (TPSA) is 51.8 Å². The Hall–Kier alpha value is -0.810. The number of nitrogens with zero attached hydrogens (tertiary/aromatic N) is 2. The zero-order valence-corrected chi connectivity index (χ0v) is 10.4. The van der Waals surface area contributed by atoms with Gasteiger partial charge in [-0.15, -0.1) is 11.3 Å².